The summed E-state index contributed by atoms with van der Waals surface area (Å²) in [6.07, 6.45) is 5.32. The van der Waals surface area contributed by atoms with Gasteiger partial charge in [-0.1, -0.05) is 24.3 Å². The first-order valence-electron chi connectivity index (χ1n) is 6.46. The monoisotopic (exact) mass is 257 g/mol. The molecule has 2 aromatic carbocycles. The van der Waals surface area contributed by atoms with Crippen LogP contribution in [-0.4, -0.2) is 15.0 Å². The van der Waals surface area contributed by atoms with Gasteiger partial charge in [-0.3, -0.25) is 15.0 Å². The van der Waals surface area contributed by atoms with Crippen molar-refractivity contribution in [2.24, 2.45) is 0 Å². The maximum Gasteiger partial charge on any atom is 0.0892 e. The fraction of sp³-hybridized carbons (Fsp3) is 0. The number of fused-ring (bicyclic) bond motifs is 2. The van der Waals surface area contributed by atoms with Gasteiger partial charge in [-0.25, -0.2) is 0 Å². The van der Waals surface area contributed by atoms with E-state index < -0.39 is 0 Å². The molecule has 0 spiro atoms. The molecule has 94 valence electrons. The molecule has 0 amide bonds. The molecule has 0 aliphatic carbocycles. The van der Waals surface area contributed by atoms with Crippen LogP contribution in [0.2, 0.25) is 0 Å². The van der Waals surface area contributed by atoms with Crippen LogP contribution in [0.15, 0.2) is 67.1 Å². The smallest absolute Gasteiger partial charge is 0.0892 e. The number of hydrogen-bond donors (Lipinski definition) is 0. The molecule has 3 heteroatoms. The van der Waals surface area contributed by atoms with Gasteiger partial charge < -0.3 is 0 Å². The molecule has 0 aliphatic heterocycles. The van der Waals surface area contributed by atoms with Crippen LogP contribution in [0, 0.1) is 0 Å². The van der Waals surface area contributed by atoms with Gasteiger partial charge in [0, 0.05) is 29.5 Å². The third-order valence-electron chi connectivity index (χ3n) is 3.39. The Balaban J connectivity index is 1.91. The van der Waals surface area contributed by atoms with Crippen LogP contribution in [-0.2, 0) is 0 Å². The molecule has 0 radical (unpaired) electrons. The molecule has 0 saturated heterocycles. The first kappa shape index (κ1) is 11.1. The van der Waals surface area contributed by atoms with Crippen molar-refractivity contribution in [3.63, 3.8) is 0 Å². The van der Waals surface area contributed by atoms with Gasteiger partial charge in [-0.05, 0) is 29.8 Å². The summed E-state index contributed by atoms with van der Waals surface area (Å²) < 4.78 is 0. The lowest BCUT2D eigenvalue weighted by Crippen LogP contribution is -1.86. The molecule has 0 unspecified atom stereocenters. The van der Waals surface area contributed by atoms with Gasteiger partial charge in [-0.15, -0.1) is 0 Å². The highest BCUT2D eigenvalue weighted by atomic mass is 14.8. The SMILES string of the molecule is c1ccc2ncc(-c3ccc4nccnc4c3)cc2c1. The molecule has 3 nitrogen and oxygen atoms in total. The van der Waals surface area contributed by atoms with E-state index in [2.05, 4.69) is 33.2 Å². The quantitative estimate of drug-likeness (QED) is 0.520. The van der Waals surface area contributed by atoms with E-state index in [4.69, 9.17) is 0 Å². The van der Waals surface area contributed by atoms with Crippen molar-refractivity contribution in [1.29, 1.82) is 0 Å². The molecule has 0 saturated carbocycles. The number of rotatable bonds is 1. The van der Waals surface area contributed by atoms with Crippen LogP contribution >= 0.6 is 0 Å². The number of pyridine rings is 1. The predicted molar refractivity (Wildman–Crippen MR) is 80.3 cm³/mol. The van der Waals surface area contributed by atoms with E-state index >= 15 is 0 Å². The zero-order chi connectivity index (χ0) is 13.4. The Bertz CT molecular complexity index is 838. The molecular weight excluding hydrogens is 246 g/mol. The first-order chi connectivity index (χ1) is 9.90. The Labute approximate surface area is 116 Å². The molecule has 0 atom stereocenters. The maximum absolute atomic E-state index is 4.50. The molecule has 4 rings (SSSR count). The van der Waals surface area contributed by atoms with Crippen molar-refractivity contribution in [3.05, 3.63) is 67.1 Å². The van der Waals surface area contributed by atoms with Crippen LogP contribution in [0.25, 0.3) is 33.1 Å². The third-order valence-corrected chi connectivity index (χ3v) is 3.39. The lowest BCUT2D eigenvalue weighted by Gasteiger charge is -2.04. The highest BCUT2D eigenvalue weighted by Gasteiger charge is 2.03. The van der Waals surface area contributed by atoms with Crippen molar-refractivity contribution in [3.8, 4) is 11.1 Å². The topological polar surface area (TPSA) is 38.7 Å². The highest BCUT2D eigenvalue weighted by Crippen LogP contribution is 2.24. The fourth-order valence-electron chi connectivity index (χ4n) is 2.37. The molecule has 4 aromatic rings. The third kappa shape index (κ3) is 1.80. The molecule has 2 aromatic heterocycles. The number of hydrogen-bond acceptors (Lipinski definition) is 3. The average Bonchev–Trinajstić information content (AvgIpc) is 2.54. The minimum atomic E-state index is 0.901. The minimum absolute atomic E-state index is 0.901. The summed E-state index contributed by atoms with van der Waals surface area (Å²) >= 11 is 0. The first-order valence-corrected chi connectivity index (χ1v) is 6.46. The highest BCUT2D eigenvalue weighted by molar-refractivity contribution is 5.86. The minimum Gasteiger partial charge on any atom is -0.256 e. The zero-order valence-corrected chi connectivity index (χ0v) is 10.7. The molecular formula is C17H11N3. The van der Waals surface area contributed by atoms with Gasteiger partial charge in [0.2, 0.25) is 0 Å². The Morgan fingerprint density at radius 3 is 2.40 bits per heavy atom. The van der Waals surface area contributed by atoms with Crippen LogP contribution in [0.4, 0.5) is 0 Å². The number of para-hydroxylation sites is 1. The van der Waals surface area contributed by atoms with Crippen LogP contribution in [0.1, 0.15) is 0 Å². The number of aromatic nitrogens is 3. The number of benzene rings is 2. The van der Waals surface area contributed by atoms with E-state index in [1.54, 1.807) is 12.4 Å². The second-order valence-electron chi connectivity index (χ2n) is 4.68. The van der Waals surface area contributed by atoms with Crippen molar-refractivity contribution in [1.82, 2.24) is 15.0 Å². The summed E-state index contributed by atoms with van der Waals surface area (Å²) in [5, 5.41) is 1.14. The number of nitrogens with zero attached hydrogens (tertiary/aromatic N) is 3. The van der Waals surface area contributed by atoms with E-state index in [9.17, 15) is 0 Å². The summed E-state index contributed by atoms with van der Waals surface area (Å²) in [5.41, 5.74) is 5.02. The lowest BCUT2D eigenvalue weighted by atomic mass is 10.0. The molecule has 0 bridgehead atoms. The largest absolute Gasteiger partial charge is 0.256 e. The van der Waals surface area contributed by atoms with Gasteiger partial charge in [0.15, 0.2) is 0 Å². The van der Waals surface area contributed by atoms with Crippen LogP contribution in [0.3, 0.4) is 0 Å². The predicted octanol–water partition coefficient (Wildman–Crippen LogP) is 3.85. The molecule has 2 heterocycles. The second kappa shape index (κ2) is 4.38. The van der Waals surface area contributed by atoms with Crippen molar-refractivity contribution in [2.75, 3.05) is 0 Å². The summed E-state index contributed by atoms with van der Waals surface area (Å²) in [5.74, 6) is 0. The molecule has 20 heavy (non-hydrogen) atoms. The summed E-state index contributed by atoms with van der Waals surface area (Å²) in [4.78, 5) is 13.1. The van der Waals surface area contributed by atoms with E-state index in [0.29, 0.717) is 0 Å². The zero-order valence-electron chi connectivity index (χ0n) is 10.7. The van der Waals surface area contributed by atoms with Crippen molar-refractivity contribution in [2.45, 2.75) is 0 Å². The van der Waals surface area contributed by atoms with E-state index in [-0.39, 0.29) is 0 Å². The molecule has 0 fully saturated rings. The average molecular weight is 257 g/mol. The fourth-order valence-corrected chi connectivity index (χ4v) is 2.37. The van der Waals surface area contributed by atoms with Gasteiger partial charge in [0.05, 0.1) is 16.6 Å². The molecule has 0 N–H and O–H groups in total. The van der Waals surface area contributed by atoms with Gasteiger partial charge in [0.25, 0.3) is 0 Å². The summed E-state index contributed by atoms with van der Waals surface area (Å²) in [7, 11) is 0. The van der Waals surface area contributed by atoms with Crippen LogP contribution in [0.5, 0.6) is 0 Å². The lowest BCUT2D eigenvalue weighted by molar-refractivity contribution is 1.29. The maximum atomic E-state index is 4.50. The Kier molecular flexibility index (Phi) is 2.42. The Morgan fingerprint density at radius 2 is 1.45 bits per heavy atom. The van der Waals surface area contributed by atoms with Crippen molar-refractivity contribution < 1.29 is 0 Å². The van der Waals surface area contributed by atoms with Crippen LogP contribution < -0.4 is 0 Å². The van der Waals surface area contributed by atoms with E-state index in [1.807, 2.05) is 36.5 Å². The summed E-state index contributed by atoms with van der Waals surface area (Å²) in [6.45, 7) is 0. The Morgan fingerprint density at radius 1 is 0.600 bits per heavy atom. The normalized spacial score (nSPS) is 11.0. The standard InChI is InChI=1S/C17H11N3/c1-2-4-15-13(3-1)9-14(11-20-15)12-5-6-16-17(10-12)19-8-7-18-16/h1-11H. The van der Waals surface area contributed by atoms with Gasteiger partial charge in [0.1, 0.15) is 0 Å². The van der Waals surface area contributed by atoms with E-state index in [0.717, 1.165) is 33.1 Å². The van der Waals surface area contributed by atoms with Crippen molar-refractivity contribution >= 4 is 21.9 Å². The second-order valence-corrected chi connectivity index (χ2v) is 4.68. The van der Waals surface area contributed by atoms with E-state index in [1.165, 1.54) is 0 Å². The summed E-state index contributed by atoms with van der Waals surface area (Å²) in [6, 6.07) is 16.4. The van der Waals surface area contributed by atoms with Gasteiger partial charge in [-0.2, -0.15) is 0 Å². The molecule has 0 aliphatic rings. The van der Waals surface area contributed by atoms with Gasteiger partial charge >= 0.3 is 0 Å². The Hall–Kier alpha value is -2.81.